The van der Waals surface area contributed by atoms with Gasteiger partial charge in [0.05, 0.1) is 22.9 Å². The van der Waals surface area contributed by atoms with Gasteiger partial charge in [-0.1, -0.05) is 12.1 Å². The minimum absolute atomic E-state index is 0.00600. The van der Waals surface area contributed by atoms with Gasteiger partial charge in [-0.15, -0.1) is 0 Å². The van der Waals surface area contributed by atoms with Crippen LogP contribution in [0.5, 0.6) is 0 Å². The number of nitrogens with two attached hydrogens (primary N) is 1. The Labute approximate surface area is 163 Å². The second-order valence-electron chi connectivity index (χ2n) is 6.22. The number of carbonyl (C=O) groups is 2. The number of alkyl halides is 3. The molecule has 1 atom stereocenters. The van der Waals surface area contributed by atoms with E-state index in [0.29, 0.717) is 5.56 Å². The SMILES string of the molecule is CC1=C(C(N)=O)C(c2ccc(C#N)nc2)NC(=O)N1c1cccc(C(F)(F)F)c1. The molecule has 0 aliphatic carbocycles. The van der Waals surface area contributed by atoms with Crippen LogP contribution in [0.4, 0.5) is 23.7 Å². The van der Waals surface area contributed by atoms with Gasteiger partial charge in [0.15, 0.2) is 0 Å². The van der Waals surface area contributed by atoms with Crippen molar-refractivity contribution in [2.75, 3.05) is 4.90 Å². The molecule has 1 aliphatic rings. The first kappa shape index (κ1) is 19.9. The number of amides is 3. The van der Waals surface area contributed by atoms with Gasteiger partial charge in [-0.2, -0.15) is 18.4 Å². The molecule has 29 heavy (non-hydrogen) atoms. The predicted molar refractivity (Wildman–Crippen MR) is 96.0 cm³/mol. The molecule has 0 radical (unpaired) electrons. The molecule has 3 N–H and O–H groups in total. The lowest BCUT2D eigenvalue weighted by atomic mass is 9.95. The van der Waals surface area contributed by atoms with Crippen LogP contribution in [0, 0.1) is 11.3 Å². The highest BCUT2D eigenvalue weighted by molar-refractivity contribution is 6.04. The Kier molecular flexibility index (Phi) is 4.99. The molecule has 7 nitrogen and oxygen atoms in total. The third kappa shape index (κ3) is 3.75. The standard InChI is InChI=1S/C19H14F3N5O2/c1-10-15(17(24)28)16(11-5-6-13(8-23)25-9-11)26-18(29)27(10)14-4-2-3-12(7-14)19(20,21)22/h2-7,9,16H,1H3,(H2,24,28)(H,26,29). The van der Waals surface area contributed by atoms with Crippen molar-refractivity contribution < 1.29 is 22.8 Å². The monoisotopic (exact) mass is 401 g/mol. The van der Waals surface area contributed by atoms with Gasteiger partial charge >= 0.3 is 12.2 Å². The number of nitriles is 1. The first-order valence-corrected chi connectivity index (χ1v) is 8.28. The smallest absolute Gasteiger partial charge is 0.366 e. The second-order valence-corrected chi connectivity index (χ2v) is 6.22. The lowest BCUT2D eigenvalue weighted by molar-refractivity contribution is -0.137. The number of hydrogen-bond donors (Lipinski definition) is 2. The largest absolute Gasteiger partial charge is 0.416 e. The van der Waals surface area contributed by atoms with Crippen molar-refractivity contribution in [3.63, 3.8) is 0 Å². The number of aromatic nitrogens is 1. The van der Waals surface area contributed by atoms with E-state index in [1.165, 1.54) is 37.4 Å². The molecule has 0 fully saturated rings. The number of nitrogens with zero attached hydrogens (tertiary/aromatic N) is 3. The molecule has 10 heteroatoms. The Morgan fingerprint density at radius 2 is 2.03 bits per heavy atom. The molecule has 2 heterocycles. The molecule has 3 rings (SSSR count). The van der Waals surface area contributed by atoms with E-state index in [9.17, 15) is 22.8 Å². The summed E-state index contributed by atoms with van der Waals surface area (Å²) in [6, 6.07) is 7.26. The van der Waals surface area contributed by atoms with Crippen LogP contribution in [-0.4, -0.2) is 16.9 Å². The molecule has 1 unspecified atom stereocenters. The summed E-state index contributed by atoms with van der Waals surface area (Å²) < 4.78 is 39.1. The molecule has 0 spiro atoms. The molecule has 2 aromatic rings. The van der Waals surface area contributed by atoms with Gasteiger partial charge < -0.3 is 11.1 Å². The Bertz CT molecular complexity index is 1050. The Morgan fingerprint density at radius 1 is 1.31 bits per heavy atom. The summed E-state index contributed by atoms with van der Waals surface area (Å²) in [7, 11) is 0. The van der Waals surface area contributed by atoms with Crippen molar-refractivity contribution in [2.45, 2.75) is 19.1 Å². The molecular weight excluding hydrogens is 387 g/mol. The number of rotatable bonds is 3. The second kappa shape index (κ2) is 7.27. The highest BCUT2D eigenvalue weighted by Gasteiger charge is 2.37. The maximum Gasteiger partial charge on any atom is 0.416 e. The Balaban J connectivity index is 2.10. The van der Waals surface area contributed by atoms with Crippen molar-refractivity contribution in [3.05, 3.63) is 70.7 Å². The maximum atomic E-state index is 13.0. The molecule has 148 valence electrons. The zero-order chi connectivity index (χ0) is 21.3. The fraction of sp³-hybridized carbons (Fsp3) is 0.158. The number of nitrogens with one attached hydrogen (secondary N) is 1. The number of urea groups is 1. The van der Waals surface area contributed by atoms with E-state index in [1.807, 2.05) is 6.07 Å². The van der Waals surface area contributed by atoms with E-state index < -0.39 is 29.7 Å². The van der Waals surface area contributed by atoms with Gasteiger partial charge in [-0.25, -0.2) is 9.78 Å². The fourth-order valence-electron chi connectivity index (χ4n) is 3.09. The minimum atomic E-state index is -4.59. The molecule has 1 aliphatic heterocycles. The number of primary amides is 1. The van der Waals surface area contributed by atoms with Crippen LogP contribution in [0.1, 0.15) is 29.8 Å². The molecular formula is C19H14F3N5O2. The maximum absolute atomic E-state index is 13.0. The highest BCUT2D eigenvalue weighted by Crippen LogP contribution is 2.36. The van der Waals surface area contributed by atoms with Crippen molar-refractivity contribution >= 4 is 17.6 Å². The van der Waals surface area contributed by atoms with E-state index in [1.54, 1.807) is 0 Å². The van der Waals surface area contributed by atoms with Crippen molar-refractivity contribution in [1.82, 2.24) is 10.3 Å². The van der Waals surface area contributed by atoms with Gasteiger partial charge in [0.2, 0.25) is 5.91 Å². The number of hydrogen-bond acceptors (Lipinski definition) is 4. The van der Waals surface area contributed by atoms with Crippen LogP contribution in [0.15, 0.2) is 53.9 Å². The summed E-state index contributed by atoms with van der Waals surface area (Å²) in [4.78, 5) is 29.7. The molecule has 0 saturated carbocycles. The summed E-state index contributed by atoms with van der Waals surface area (Å²) in [5.74, 6) is -0.853. The number of halogens is 3. The van der Waals surface area contributed by atoms with E-state index in [0.717, 1.165) is 17.0 Å². The van der Waals surface area contributed by atoms with E-state index in [-0.39, 0.29) is 22.7 Å². The average Bonchev–Trinajstić information content (AvgIpc) is 2.67. The lowest BCUT2D eigenvalue weighted by Gasteiger charge is -2.35. The topological polar surface area (TPSA) is 112 Å². The summed E-state index contributed by atoms with van der Waals surface area (Å²) in [5, 5.41) is 11.4. The summed E-state index contributed by atoms with van der Waals surface area (Å²) in [6.45, 7) is 1.42. The van der Waals surface area contributed by atoms with E-state index in [4.69, 9.17) is 11.0 Å². The van der Waals surface area contributed by atoms with E-state index in [2.05, 4.69) is 10.3 Å². The number of allylic oxidation sites excluding steroid dienone is 1. The first-order valence-electron chi connectivity index (χ1n) is 8.28. The van der Waals surface area contributed by atoms with Crippen molar-refractivity contribution in [3.8, 4) is 6.07 Å². The van der Waals surface area contributed by atoms with Crippen molar-refractivity contribution in [1.29, 1.82) is 5.26 Å². The van der Waals surface area contributed by atoms with Crippen LogP contribution in [0.3, 0.4) is 0 Å². The third-order valence-corrected chi connectivity index (χ3v) is 4.42. The van der Waals surface area contributed by atoms with Gasteiger partial charge in [-0.05, 0) is 36.8 Å². The molecule has 1 aromatic heterocycles. The lowest BCUT2D eigenvalue weighted by Crippen LogP contribution is -2.49. The summed E-state index contributed by atoms with van der Waals surface area (Å²) in [5.41, 5.74) is 5.12. The number of benzene rings is 1. The van der Waals surface area contributed by atoms with Crippen LogP contribution in [0.25, 0.3) is 0 Å². The predicted octanol–water partition coefficient (Wildman–Crippen LogP) is 3.00. The van der Waals surface area contributed by atoms with E-state index >= 15 is 0 Å². The highest BCUT2D eigenvalue weighted by atomic mass is 19.4. The van der Waals surface area contributed by atoms with Crippen molar-refractivity contribution in [2.24, 2.45) is 5.73 Å². The minimum Gasteiger partial charge on any atom is -0.366 e. The normalized spacial score (nSPS) is 17.0. The Morgan fingerprint density at radius 3 is 2.59 bits per heavy atom. The zero-order valence-corrected chi connectivity index (χ0v) is 15.0. The molecule has 0 saturated heterocycles. The Hall–Kier alpha value is -3.87. The van der Waals surface area contributed by atoms with Gasteiger partial charge in [0.1, 0.15) is 11.8 Å². The van der Waals surface area contributed by atoms with Crippen LogP contribution in [0.2, 0.25) is 0 Å². The fourth-order valence-corrected chi connectivity index (χ4v) is 3.09. The van der Waals surface area contributed by atoms with Crippen LogP contribution >= 0.6 is 0 Å². The number of carbonyl (C=O) groups excluding carboxylic acids is 2. The summed E-state index contributed by atoms with van der Waals surface area (Å²) >= 11 is 0. The first-order chi connectivity index (χ1) is 13.6. The average molecular weight is 401 g/mol. The molecule has 3 amide bonds. The summed E-state index contributed by atoms with van der Waals surface area (Å²) in [6.07, 6.45) is -3.28. The molecule has 0 bridgehead atoms. The van der Waals surface area contributed by atoms with Crippen LogP contribution < -0.4 is 16.0 Å². The quantitative estimate of drug-likeness (QED) is 0.823. The van der Waals surface area contributed by atoms with Crippen LogP contribution in [-0.2, 0) is 11.0 Å². The zero-order valence-electron chi connectivity index (χ0n) is 15.0. The molecule has 1 aromatic carbocycles. The number of pyridine rings is 1. The number of anilines is 1. The van der Waals surface area contributed by atoms with Gasteiger partial charge in [-0.3, -0.25) is 9.69 Å². The van der Waals surface area contributed by atoms with Gasteiger partial charge in [0.25, 0.3) is 0 Å². The third-order valence-electron chi connectivity index (χ3n) is 4.42. The van der Waals surface area contributed by atoms with Gasteiger partial charge in [0, 0.05) is 11.9 Å².